The molecule has 0 fully saturated rings. The number of hydrogen-bond donors (Lipinski definition) is 2. The monoisotopic (exact) mass is 410 g/mol. The molecule has 0 aromatic heterocycles. The summed E-state index contributed by atoms with van der Waals surface area (Å²) in [5, 5.41) is 0. The van der Waals surface area contributed by atoms with Crippen LogP contribution in [0.15, 0.2) is 0 Å². The number of rotatable bonds is 23. The molecule has 0 aliphatic rings. The highest BCUT2D eigenvalue weighted by molar-refractivity contribution is 4.80. The molecule has 29 heavy (non-hydrogen) atoms. The van der Waals surface area contributed by atoms with Crippen LogP contribution in [0.1, 0.15) is 162 Å². The quantitative estimate of drug-likeness (QED) is 0.130. The SMILES string of the molecule is CCCCCCCCCCC(CCC)(CCCCCCCCCC)CCC(N)N. The predicted octanol–water partition coefficient (Wildman–Crippen LogP) is 8.86. The topological polar surface area (TPSA) is 52.0 Å². The molecule has 0 bridgehead atoms. The van der Waals surface area contributed by atoms with Crippen LogP contribution in [-0.4, -0.2) is 6.17 Å². The fourth-order valence-corrected chi connectivity index (χ4v) is 5.02. The van der Waals surface area contributed by atoms with Gasteiger partial charge in [-0.05, 0) is 37.5 Å². The van der Waals surface area contributed by atoms with Gasteiger partial charge in [-0.3, -0.25) is 0 Å². The molecule has 0 atom stereocenters. The van der Waals surface area contributed by atoms with E-state index in [0.29, 0.717) is 5.41 Å². The Kier molecular flexibility index (Phi) is 21.1. The second-order valence-electron chi connectivity index (χ2n) is 9.90. The highest BCUT2D eigenvalue weighted by Crippen LogP contribution is 2.41. The summed E-state index contributed by atoms with van der Waals surface area (Å²) < 4.78 is 0. The third-order valence-electron chi connectivity index (χ3n) is 6.91. The van der Waals surface area contributed by atoms with Gasteiger partial charge in [-0.25, -0.2) is 0 Å². The van der Waals surface area contributed by atoms with E-state index in [0.717, 1.165) is 6.42 Å². The van der Waals surface area contributed by atoms with Crippen molar-refractivity contribution in [1.29, 1.82) is 0 Å². The van der Waals surface area contributed by atoms with E-state index in [1.807, 2.05) is 0 Å². The van der Waals surface area contributed by atoms with Gasteiger partial charge in [0, 0.05) is 0 Å². The molecule has 0 aliphatic carbocycles. The molecule has 4 N–H and O–H groups in total. The molecule has 0 heterocycles. The van der Waals surface area contributed by atoms with Crippen molar-refractivity contribution in [1.82, 2.24) is 0 Å². The molecule has 2 nitrogen and oxygen atoms in total. The van der Waals surface area contributed by atoms with Gasteiger partial charge >= 0.3 is 0 Å². The van der Waals surface area contributed by atoms with Crippen molar-refractivity contribution in [2.45, 2.75) is 168 Å². The van der Waals surface area contributed by atoms with Gasteiger partial charge in [0.25, 0.3) is 0 Å². The largest absolute Gasteiger partial charge is 0.316 e. The Morgan fingerprint density at radius 2 is 0.828 bits per heavy atom. The highest BCUT2D eigenvalue weighted by Gasteiger charge is 2.28. The van der Waals surface area contributed by atoms with E-state index < -0.39 is 0 Å². The third-order valence-corrected chi connectivity index (χ3v) is 6.91. The molecule has 0 unspecified atom stereocenters. The fourth-order valence-electron chi connectivity index (χ4n) is 5.02. The number of hydrogen-bond acceptors (Lipinski definition) is 2. The first-order chi connectivity index (χ1) is 14.1. The molecule has 0 rings (SSSR count). The summed E-state index contributed by atoms with van der Waals surface area (Å²) in [7, 11) is 0. The maximum absolute atomic E-state index is 5.94. The van der Waals surface area contributed by atoms with Crippen LogP contribution in [0, 0.1) is 5.41 Å². The Morgan fingerprint density at radius 3 is 1.17 bits per heavy atom. The van der Waals surface area contributed by atoms with Crippen LogP contribution in [0.2, 0.25) is 0 Å². The molecule has 0 aromatic carbocycles. The summed E-state index contributed by atoms with van der Waals surface area (Å²) >= 11 is 0. The zero-order valence-corrected chi connectivity index (χ0v) is 20.8. The average Bonchev–Trinajstić information content (AvgIpc) is 2.70. The van der Waals surface area contributed by atoms with Crippen LogP contribution in [0.4, 0.5) is 0 Å². The van der Waals surface area contributed by atoms with Crippen LogP contribution in [-0.2, 0) is 0 Å². The fraction of sp³-hybridized carbons (Fsp3) is 1.00. The smallest absolute Gasteiger partial charge is 0.0521 e. The van der Waals surface area contributed by atoms with E-state index in [-0.39, 0.29) is 6.17 Å². The zero-order chi connectivity index (χ0) is 21.6. The molecule has 0 radical (unpaired) electrons. The van der Waals surface area contributed by atoms with Gasteiger partial charge in [0.1, 0.15) is 0 Å². The molecule has 0 amide bonds. The molecule has 0 spiro atoms. The lowest BCUT2D eigenvalue weighted by Crippen LogP contribution is -2.33. The van der Waals surface area contributed by atoms with Crippen LogP contribution in [0.3, 0.4) is 0 Å². The molecule has 0 saturated heterocycles. The summed E-state index contributed by atoms with van der Waals surface area (Å²) in [6, 6.07) is 0. The van der Waals surface area contributed by atoms with Crippen molar-refractivity contribution < 1.29 is 0 Å². The Bertz CT molecular complexity index is 294. The second kappa shape index (κ2) is 21.2. The minimum Gasteiger partial charge on any atom is -0.316 e. The second-order valence-corrected chi connectivity index (χ2v) is 9.90. The van der Waals surface area contributed by atoms with Crippen molar-refractivity contribution in [2.75, 3.05) is 0 Å². The normalized spacial score (nSPS) is 12.2. The molecule has 0 saturated carbocycles. The van der Waals surface area contributed by atoms with Crippen molar-refractivity contribution in [3.8, 4) is 0 Å². The van der Waals surface area contributed by atoms with Gasteiger partial charge in [0.15, 0.2) is 0 Å². The zero-order valence-electron chi connectivity index (χ0n) is 20.8. The summed E-state index contributed by atoms with van der Waals surface area (Å²) in [6.07, 6.45) is 30.2. The van der Waals surface area contributed by atoms with Gasteiger partial charge < -0.3 is 11.5 Å². The van der Waals surface area contributed by atoms with Gasteiger partial charge in [-0.15, -0.1) is 0 Å². The molecule has 2 heteroatoms. The van der Waals surface area contributed by atoms with Gasteiger partial charge in [0.2, 0.25) is 0 Å². The van der Waals surface area contributed by atoms with E-state index in [1.54, 1.807) is 0 Å². The minimum atomic E-state index is -0.136. The first-order valence-electron chi connectivity index (χ1n) is 13.6. The standard InChI is InChI=1S/C27H58N2/c1-4-7-9-11-13-15-17-19-23-27(22-6-3,25-21-26(28)29)24-20-18-16-14-12-10-8-5-2/h26H,4-25,28-29H2,1-3H3. The maximum Gasteiger partial charge on any atom is 0.0521 e. The Balaban J connectivity index is 4.26. The van der Waals surface area contributed by atoms with E-state index >= 15 is 0 Å². The van der Waals surface area contributed by atoms with E-state index in [4.69, 9.17) is 11.5 Å². The molecular formula is C27H58N2. The third kappa shape index (κ3) is 18.4. The number of unbranched alkanes of at least 4 members (excludes halogenated alkanes) is 14. The summed E-state index contributed by atoms with van der Waals surface area (Å²) in [4.78, 5) is 0. The highest BCUT2D eigenvalue weighted by atomic mass is 14.8. The average molecular weight is 411 g/mol. The summed E-state index contributed by atoms with van der Waals surface area (Å²) in [5.41, 5.74) is 12.4. The van der Waals surface area contributed by atoms with Crippen molar-refractivity contribution in [2.24, 2.45) is 16.9 Å². The lowest BCUT2D eigenvalue weighted by Gasteiger charge is -2.35. The van der Waals surface area contributed by atoms with Crippen molar-refractivity contribution in [3.63, 3.8) is 0 Å². The first kappa shape index (κ1) is 28.9. The van der Waals surface area contributed by atoms with Crippen molar-refractivity contribution in [3.05, 3.63) is 0 Å². The van der Waals surface area contributed by atoms with E-state index in [2.05, 4.69) is 20.8 Å². The van der Waals surface area contributed by atoms with Crippen LogP contribution < -0.4 is 11.5 Å². The Labute approximate surface area is 185 Å². The Morgan fingerprint density at radius 1 is 0.448 bits per heavy atom. The summed E-state index contributed by atoms with van der Waals surface area (Å²) in [6.45, 7) is 6.96. The number of nitrogens with two attached hydrogens (primary N) is 2. The lowest BCUT2D eigenvalue weighted by atomic mass is 9.71. The molecule has 0 aliphatic heterocycles. The predicted molar refractivity (Wildman–Crippen MR) is 133 cm³/mol. The van der Waals surface area contributed by atoms with Crippen LogP contribution >= 0.6 is 0 Å². The maximum atomic E-state index is 5.94. The van der Waals surface area contributed by atoms with Crippen molar-refractivity contribution >= 4 is 0 Å². The van der Waals surface area contributed by atoms with Crippen LogP contribution in [0.25, 0.3) is 0 Å². The molecular weight excluding hydrogens is 352 g/mol. The van der Waals surface area contributed by atoms with Gasteiger partial charge in [-0.2, -0.15) is 0 Å². The van der Waals surface area contributed by atoms with Gasteiger partial charge in [-0.1, -0.05) is 130 Å². The lowest BCUT2D eigenvalue weighted by molar-refractivity contribution is 0.173. The minimum absolute atomic E-state index is 0.136. The Hall–Kier alpha value is -0.0800. The van der Waals surface area contributed by atoms with E-state index in [1.165, 1.54) is 135 Å². The first-order valence-corrected chi connectivity index (χ1v) is 13.6. The molecule has 0 aromatic rings. The van der Waals surface area contributed by atoms with Crippen LogP contribution in [0.5, 0.6) is 0 Å². The molecule has 176 valence electrons. The summed E-state index contributed by atoms with van der Waals surface area (Å²) in [5.74, 6) is 0. The van der Waals surface area contributed by atoms with Gasteiger partial charge in [0.05, 0.1) is 6.17 Å². The van der Waals surface area contributed by atoms with E-state index in [9.17, 15) is 0 Å².